The minimum atomic E-state index is -3.66. The van der Waals surface area contributed by atoms with Crippen molar-refractivity contribution in [3.63, 3.8) is 0 Å². The molecule has 0 unspecified atom stereocenters. The summed E-state index contributed by atoms with van der Waals surface area (Å²) in [5, 5.41) is 2.42. The molecule has 1 heterocycles. The summed E-state index contributed by atoms with van der Waals surface area (Å²) in [6.07, 6.45) is 1.05. The molecule has 1 aromatic heterocycles. The summed E-state index contributed by atoms with van der Waals surface area (Å²) in [4.78, 5) is 14.1. The number of carbonyl (C=O) groups excluding carboxylic acids is 1. The van der Waals surface area contributed by atoms with Crippen LogP contribution in [0, 0.1) is 5.82 Å². The average Bonchev–Trinajstić information content (AvgIpc) is 2.21. The van der Waals surface area contributed by atoms with Crippen molar-refractivity contribution in [2.45, 2.75) is 13.8 Å². The fourth-order valence-corrected chi connectivity index (χ4v) is 0.630. The zero-order chi connectivity index (χ0) is 13.5. The Bertz CT molecular complexity index is 458. The summed E-state index contributed by atoms with van der Waals surface area (Å²) in [5.74, 6) is -0.477. The number of hydrogen-bond acceptors (Lipinski definition) is 4. The predicted octanol–water partition coefficient (Wildman–Crippen LogP) is 1.07. The number of aromatic nitrogens is 1. The lowest BCUT2D eigenvalue weighted by Crippen LogP contribution is -2.06. The number of halogens is 1. The zero-order valence-electron chi connectivity index (χ0n) is 9.34. The smallest absolute Gasteiger partial charge is 0.264 e. The highest BCUT2D eigenvalue weighted by molar-refractivity contribution is 7.85. The lowest BCUT2D eigenvalue weighted by molar-refractivity contribution is -0.114. The molecule has 6 nitrogen and oxygen atoms in total. The van der Waals surface area contributed by atoms with Gasteiger partial charge in [0.1, 0.15) is 11.6 Å². The molecule has 0 aliphatic heterocycles. The maximum absolute atomic E-state index is 12.2. The summed E-state index contributed by atoms with van der Waals surface area (Å²) < 4.78 is 39.2. The van der Waals surface area contributed by atoms with E-state index in [1.54, 1.807) is 0 Å². The number of nitrogens with one attached hydrogen (secondary N) is 1. The van der Waals surface area contributed by atoms with Gasteiger partial charge in [0.25, 0.3) is 10.1 Å². The van der Waals surface area contributed by atoms with Crippen molar-refractivity contribution in [2.75, 3.05) is 11.1 Å². The van der Waals surface area contributed by atoms with Gasteiger partial charge in [0.05, 0.1) is 11.9 Å². The first-order chi connectivity index (χ1) is 7.74. The molecule has 0 saturated carbocycles. The van der Waals surface area contributed by atoms with Crippen LogP contribution < -0.4 is 5.32 Å². The number of anilines is 1. The highest BCUT2D eigenvalue weighted by atomic mass is 32.2. The van der Waals surface area contributed by atoms with E-state index in [9.17, 15) is 17.6 Å². The molecule has 0 aromatic carbocycles. The molecule has 96 valence electrons. The first-order valence-electron chi connectivity index (χ1n) is 4.59. The molecule has 1 aromatic rings. The second-order valence-electron chi connectivity index (χ2n) is 2.91. The van der Waals surface area contributed by atoms with E-state index >= 15 is 0 Å². The number of carbonyl (C=O) groups is 1. The van der Waals surface area contributed by atoms with E-state index in [1.165, 1.54) is 26.0 Å². The predicted molar refractivity (Wildman–Crippen MR) is 60.6 cm³/mol. The molecule has 0 radical (unpaired) electrons. The van der Waals surface area contributed by atoms with Gasteiger partial charge in [-0.15, -0.1) is 0 Å². The van der Waals surface area contributed by atoms with Crippen molar-refractivity contribution in [3.05, 3.63) is 24.1 Å². The Labute approximate surface area is 98.6 Å². The van der Waals surface area contributed by atoms with Crippen molar-refractivity contribution in [1.82, 2.24) is 4.98 Å². The minimum Gasteiger partial charge on any atom is -0.311 e. The van der Waals surface area contributed by atoms with Gasteiger partial charge in [-0.1, -0.05) is 0 Å². The summed E-state index contributed by atoms with van der Waals surface area (Å²) in [5.41, 5.74) is 0. The van der Waals surface area contributed by atoms with E-state index in [1.807, 2.05) is 0 Å². The van der Waals surface area contributed by atoms with Gasteiger partial charge in [0, 0.05) is 6.92 Å². The molecule has 1 amide bonds. The topological polar surface area (TPSA) is 96.4 Å². The highest BCUT2D eigenvalue weighted by Gasteiger charge is 1.95. The largest absolute Gasteiger partial charge is 0.311 e. The maximum atomic E-state index is 12.2. The van der Waals surface area contributed by atoms with Crippen molar-refractivity contribution < 1.29 is 22.2 Å². The SMILES string of the molecule is CC(=O)Nc1ccc(F)cn1.CCS(=O)(=O)O. The summed E-state index contributed by atoms with van der Waals surface area (Å²) in [6.45, 7) is 2.74. The third-order valence-electron chi connectivity index (χ3n) is 1.40. The minimum absolute atomic E-state index is 0.201. The molecule has 2 N–H and O–H groups in total. The fourth-order valence-electron chi connectivity index (χ4n) is 0.630. The van der Waals surface area contributed by atoms with Gasteiger partial charge in [-0.25, -0.2) is 9.37 Å². The Kier molecular flexibility index (Phi) is 6.29. The van der Waals surface area contributed by atoms with Crippen LogP contribution >= 0.6 is 0 Å². The summed E-state index contributed by atoms with van der Waals surface area (Å²) >= 11 is 0. The Morgan fingerprint density at radius 1 is 1.53 bits per heavy atom. The first kappa shape index (κ1) is 15.5. The van der Waals surface area contributed by atoms with Gasteiger partial charge in [-0.2, -0.15) is 8.42 Å². The second kappa shape index (κ2) is 6.92. The molecule has 0 bridgehead atoms. The zero-order valence-corrected chi connectivity index (χ0v) is 10.2. The summed E-state index contributed by atoms with van der Waals surface area (Å²) in [6, 6.07) is 2.63. The van der Waals surface area contributed by atoms with Crippen LogP contribution in [0.2, 0.25) is 0 Å². The van der Waals surface area contributed by atoms with E-state index in [-0.39, 0.29) is 11.7 Å². The van der Waals surface area contributed by atoms with Gasteiger partial charge < -0.3 is 5.32 Å². The number of amides is 1. The van der Waals surface area contributed by atoms with Crippen molar-refractivity contribution in [2.24, 2.45) is 0 Å². The molecule has 0 aliphatic carbocycles. The van der Waals surface area contributed by atoms with Crippen LogP contribution in [-0.4, -0.2) is 29.6 Å². The third kappa shape index (κ3) is 9.39. The lowest BCUT2D eigenvalue weighted by atomic mass is 10.4. The molecular weight excluding hydrogens is 251 g/mol. The van der Waals surface area contributed by atoms with Crippen LogP contribution in [0.4, 0.5) is 10.2 Å². The average molecular weight is 264 g/mol. The van der Waals surface area contributed by atoms with Crippen LogP contribution in [0.1, 0.15) is 13.8 Å². The maximum Gasteiger partial charge on any atom is 0.264 e. The molecule has 17 heavy (non-hydrogen) atoms. The van der Waals surface area contributed by atoms with Gasteiger partial charge in [-0.05, 0) is 19.1 Å². The van der Waals surface area contributed by atoms with Gasteiger partial charge >= 0.3 is 0 Å². The van der Waals surface area contributed by atoms with E-state index in [0.717, 1.165) is 6.20 Å². The Hall–Kier alpha value is -1.54. The molecule has 1 rings (SSSR count). The van der Waals surface area contributed by atoms with Crippen LogP contribution in [-0.2, 0) is 14.9 Å². The monoisotopic (exact) mass is 264 g/mol. The summed E-state index contributed by atoms with van der Waals surface area (Å²) in [7, 11) is -3.66. The number of rotatable bonds is 2. The highest BCUT2D eigenvalue weighted by Crippen LogP contribution is 2.02. The number of hydrogen-bond donors (Lipinski definition) is 2. The van der Waals surface area contributed by atoms with Crippen LogP contribution in [0.3, 0.4) is 0 Å². The molecular formula is C9H13FN2O4S. The number of nitrogens with zero attached hydrogens (tertiary/aromatic N) is 1. The molecule has 0 fully saturated rings. The molecule has 0 aliphatic rings. The van der Waals surface area contributed by atoms with Crippen molar-refractivity contribution in [3.8, 4) is 0 Å². The van der Waals surface area contributed by atoms with E-state index in [4.69, 9.17) is 4.55 Å². The van der Waals surface area contributed by atoms with E-state index < -0.39 is 15.9 Å². The molecule has 8 heteroatoms. The quantitative estimate of drug-likeness (QED) is 0.779. The van der Waals surface area contributed by atoms with E-state index in [0.29, 0.717) is 5.82 Å². The van der Waals surface area contributed by atoms with Crippen molar-refractivity contribution in [1.29, 1.82) is 0 Å². The Balaban J connectivity index is 0.000000366. The third-order valence-corrected chi connectivity index (χ3v) is 2.13. The molecule has 0 saturated heterocycles. The van der Waals surface area contributed by atoms with Gasteiger partial charge in [0.2, 0.25) is 5.91 Å². The Morgan fingerprint density at radius 2 is 2.06 bits per heavy atom. The molecule has 0 atom stereocenters. The fraction of sp³-hybridized carbons (Fsp3) is 0.333. The lowest BCUT2D eigenvalue weighted by Gasteiger charge is -1.98. The first-order valence-corrected chi connectivity index (χ1v) is 6.20. The van der Waals surface area contributed by atoms with Crippen molar-refractivity contribution >= 4 is 21.8 Å². The van der Waals surface area contributed by atoms with Gasteiger partial charge in [-0.3, -0.25) is 9.35 Å². The standard InChI is InChI=1S/C7H7FN2O.C2H6O3S/c1-5(11)10-7-3-2-6(8)4-9-7;1-2-6(3,4)5/h2-4H,1H3,(H,9,10,11);2H2,1H3,(H,3,4,5). The Morgan fingerprint density at radius 3 is 2.35 bits per heavy atom. The van der Waals surface area contributed by atoms with Crippen LogP contribution in [0.15, 0.2) is 18.3 Å². The number of pyridine rings is 1. The molecule has 0 spiro atoms. The normalized spacial score (nSPS) is 10.1. The van der Waals surface area contributed by atoms with Crippen LogP contribution in [0.5, 0.6) is 0 Å². The van der Waals surface area contributed by atoms with Gasteiger partial charge in [0.15, 0.2) is 0 Å². The van der Waals surface area contributed by atoms with E-state index in [2.05, 4.69) is 10.3 Å². The van der Waals surface area contributed by atoms with Crippen LogP contribution in [0.25, 0.3) is 0 Å². The second-order valence-corrected chi connectivity index (χ2v) is 4.65.